The highest BCUT2D eigenvalue weighted by molar-refractivity contribution is 6.21. The third kappa shape index (κ3) is 3.28. The highest BCUT2D eigenvalue weighted by Gasteiger charge is 2.34. The Morgan fingerprint density at radius 2 is 1.67 bits per heavy atom. The van der Waals surface area contributed by atoms with Crippen LogP contribution in [0.15, 0.2) is 60.8 Å². The maximum atomic E-state index is 12.4. The molecule has 0 saturated heterocycles. The van der Waals surface area contributed by atoms with Gasteiger partial charge in [0.25, 0.3) is 11.8 Å². The first-order chi connectivity index (χ1) is 13.1. The molecular formula is C22H21N3O2. The first-order valence-electron chi connectivity index (χ1n) is 9.20. The van der Waals surface area contributed by atoms with Crippen molar-refractivity contribution < 1.29 is 9.59 Å². The van der Waals surface area contributed by atoms with E-state index in [2.05, 4.69) is 17.2 Å². The van der Waals surface area contributed by atoms with Crippen molar-refractivity contribution in [2.75, 3.05) is 11.9 Å². The van der Waals surface area contributed by atoms with Gasteiger partial charge in [-0.15, -0.1) is 0 Å². The molecule has 5 heteroatoms. The number of hydrogen-bond acceptors (Lipinski definition) is 4. The molecule has 5 nitrogen and oxygen atoms in total. The summed E-state index contributed by atoms with van der Waals surface area (Å²) in [7, 11) is 0. The van der Waals surface area contributed by atoms with Crippen molar-refractivity contribution in [2.24, 2.45) is 0 Å². The maximum Gasteiger partial charge on any atom is 0.261 e. The normalized spacial score (nSPS) is 14.5. The van der Waals surface area contributed by atoms with E-state index < -0.39 is 0 Å². The summed E-state index contributed by atoms with van der Waals surface area (Å²) < 4.78 is 0. The Kier molecular flexibility index (Phi) is 4.59. The topological polar surface area (TPSA) is 62.3 Å². The zero-order valence-electron chi connectivity index (χ0n) is 15.2. The van der Waals surface area contributed by atoms with Crippen LogP contribution >= 0.6 is 0 Å². The van der Waals surface area contributed by atoms with Crippen molar-refractivity contribution >= 4 is 28.4 Å². The van der Waals surface area contributed by atoms with E-state index >= 15 is 0 Å². The van der Waals surface area contributed by atoms with Gasteiger partial charge in [0, 0.05) is 24.2 Å². The SMILES string of the molecule is CC(CCCN1C(=O)c2ccccc2C1=O)Nc1cccc2cccnc12. The molecule has 1 atom stereocenters. The summed E-state index contributed by atoms with van der Waals surface area (Å²) in [6.07, 6.45) is 3.38. The molecule has 0 spiro atoms. The third-order valence-electron chi connectivity index (χ3n) is 4.93. The van der Waals surface area contributed by atoms with Gasteiger partial charge in [-0.3, -0.25) is 19.5 Å². The minimum absolute atomic E-state index is 0.186. The van der Waals surface area contributed by atoms with E-state index in [0.717, 1.165) is 29.4 Å². The van der Waals surface area contributed by atoms with Crippen LogP contribution in [0.3, 0.4) is 0 Å². The second-order valence-electron chi connectivity index (χ2n) is 6.88. The lowest BCUT2D eigenvalue weighted by molar-refractivity contribution is 0.0651. The minimum atomic E-state index is -0.186. The summed E-state index contributed by atoms with van der Waals surface area (Å²) in [5.74, 6) is -0.371. The van der Waals surface area contributed by atoms with Crippen LogP contribution in [-0.4, -0.2) is 34.3 Å². The van der Waals surface area contributed by atoms with Crippen molar-refractivity contribution in [3.8, 4) is 0 Å². The fourth-order valence-corrected chi connectivity index (χ4v) is 3.56. The largest absolute Gasteiger partial charge is 0.381 e. The average molecular weight is 359 g/mol. The number of hydrogen-bond donors (Lipinski definition) is 1. The first kappa shape index (κ1) is 17.2. The standard InChI is InChI=1S/C22H21N3O2/c1-15(24-19-12-4-8-16-9-5-13-23-20(16)19)7-6-14-25-21(26)17-10-2-3-11-18(17)22(25)27/h2-5,8-13,15,24H,6-7,14H2,1H3. The molecule has 0 saturated carbocycles. The second kappa shape index (κ2) is 7.19. The molecule has 2 aromatic carbocycles. The molecule has 1 aromatic heterocycles. The van der Waals surface area contributed by atoms with Gasteiger partial charge in [0.2, 0.25) is 0 Å². The van der Waals surface area contributed by atoms with Crippen LogP contribution in [0.4, 0.5) is 5.69 Å². The van der Waals surface area contributed by atoms with Crippen molar-refractivity contribution in [3.05, 3.63) is 71.9 Å². The van der Waals surface area contributed by atoms with E-state index in [1.165, 1.54) is 4.90 Å². The van der Waals surface area contributed by atoms with Gasteiger partial charge in [0.1, 0.15) is 0 Å². The van der Waals surface area contributed by atoms with Crippen molar-refractivity contribution in [3.63, 3.8) is 0 Å². The predicted octanol–water partition coefficient (Wildman–Crippen LogP) is 4.11. The molecule has 27 heavy (non-hydrogen) atoms. The molecule has 2 heterocycles. The Labute approximate surface area is 158 Å². The Morgan fingerprint density at radius 3 is 2.41 bits per heavy atom. The Hall–Kier alpha value is -3.21. The van der Waals surface area contributed by atoms with Gasteiger partial charge >= 0.3 is 0 Å². The van der Waals surface area contributed by atoms with Gasteiger partial charge in [-0.05, 0) is 44.0 Å². The van der Waals surface area contributed by atoms with Gasteiger partial charge in [-0.2, -0.15) is 0 Å². The number of rotatable bonds is 6. The van der Waals surface area contributed by atoms with E-state index in [1.807, 2.05) is 30.3 Å². The summed E-state index contributed by atoms with van der Waals surface area (Å²) in [6, 6.07) is 17.3. The molecule has 1 unspecified atom stereocenters. The molecule has 1 aliphatic rings. The zero-order valence-corrected chi connectivity index (χ0v) is 15.2. The number of nitrogens with one attached hydrogen (secondary N) is 1. The fourth-order valence-electron chi connectivity index (χ4n) is 3.56. The number of amides is 2. The molecule has 0 fully saturated rings. The van der Waals surface area contributed by atoms with E-state index in [0.29, 0.717) is 17.7 Å². The molecule has 0 bridgehead atoms. The van der Waals surface area contributed by atoms with Gasteiger partial charge in [-0.25, -0.2) is 0 Å². The van der Waals surface area contributed by atoms with Crippen LogP contribution in [0, 0.1) is 0 Å². The predicted molar refractivity (Wildman–Crippen MR) is 106 cm³/mol. The Balaban J connectivity index is 1.36. The quantitative estimate of drug-likeness (QED) is 0.673. The zero-order chi connectivity index (χ0) is 18.8. The summed E-state index contributed by atoms with van der Waals surface area (Å²) in [5.41, 5.74) is 2.97. The monoisotopic (exact) mass is 359 g/mol. The molecule has 1 N–H and O–H groups in total. The second-order valence-corrected chi connectivity index (χ2v) is 6.88. The summed E-state index contributed by atoms with van der Waals surface area (Å²) >= 11 is 0. The number of pyridine rings is 1. The van der Waals surface area contributed by atoms with Crippen LogP contribution in [0.2, 0.25) is 0 Å². The number of aromatic nitrogens is 1. The number of nitrogens with zero attached hydrogens (tertiary/aromatic N) is 2. The molecule has 4 rings (SSSR count). The van der Waals surface area contributed by atoms with Gasteiger partial charge in [0.15, 0.2) is 0 Å². The fraction of sp³-hybridized carbons (Fsp3) is 0.227. The maximum absolute atomic E-state index is 12.4. The molecular weight excluding hydrogens is 338 g/mol. The molecule has 0 radical (unpaired) electrons. The number of fused-ring (bicyclic) bond motifs is 2. The molecule has 136 valence electrons. The van der Waals surface area contributed by atoms with E-state index in [4.69, 9.17) is 0 Å². The average Bonchev–Trinajstić information content (AvgIpc) is 2.93. The number of anilines is 1. The number of carbonyl (C=O) groups excluding carboxylic acids is 2. The smallest absolute Gasteiger partial charge is 0.261 e. The number of benzene rings is 2. The van der Waals surface area contributed by atoms with E-state index in [9.17, 15) is 9.59 Å². The van der Waals surface area contributed by atoms with Crippen molar-refractivity contribution in [1.82, 2.24) is 9.88 Å². The van der Waals surface area contributed by atoms with Crippen LogP contribution in [0.25, 0.3) is 10.9 Å². The summed E-state index contributed by atoms with van der Waals surface area (Å²) in [5, 5.41) is 4.60. The Bertz CT molecular complexity index is 975. The van der Waals surface area contributed by atoms with Gasteiger partial charge < -0.3 is 5.32 Å². The van der Waals surface area contributed by atoms with Gasteiger partial charge in [-0.1, -0.05) is 30.3 Å². The van der Waals surface area contributed by atoms with Gasteiger partial charge in [0.05, 0.1) is 22.3 Å². The third-order valence-corrected chi connectivity index (χ3v) is 4.93. The van der Waals surface area contributed by atoms with Crippen molar-refractivity contribution in [1.29, 1.82) is 0 Å². The molecule has 0 aliphatic carbocycles. The minimum Gasteiger partial charge on any atom is -0.381 e. The van der Waals surface area contributed by atoms with Crippen LogP contribution in [0.1, 0.15) is 40.5 Å². The van der Waals surface area contributed by atoms with E-state index in [1.54, 1.807) is 30.5 Å². The number of carbonyl (C=O) groups is 2. The molecule has 2 amide bonds. The number of imide groups is 1. The van der Waals surface area contributed by atoms with Crippen LogP contribution in [-0.2, 0) is 0 Å². The highest BCUT2D eigenvalue weighted by atomic mass is 16.2. The Morgan fingerprint density at radius 1 is 0.963 bits per heavy atom. The summed E-state index contributed by atoms with van der Waals surface area (Å²) in [4.78, 5) is 30.6. The van der Waals surface area contributed by atoms with Crippen LogP contribution in [0.5, 0.6) is 0 Å². The lowest BCUT2D eigenvalue weighted by Crippen LogP contribution is -2.31. The lowest BCUT2D eigenvalue weighted by Gasteiger charge is -2.18. The summed E-state index contributed by atoms with van der Waals surface area (Å²) in [6.45, 7) is 2.54. The number of para-hydroxylation sites is 1. The molecule has 1 aliphatic heterocycles. The highest BCUT2D eigenvalue weighted by Crippen LogP contribution is 2.24. The van der Waals surface area contributed by atoms with Crippen LogP contribution < -0.4 is 5.32 Å². The van der Waals surface area contributed by atoms with Crippen molar-refractivity contribution in [2.45, 2.75) is 25.8 Å². The first-order valence-corrected chi connectivity index (χ1v) is 9.20. The molecule has 3 aromatic rings. The van der Waals surface area contributed by atoms with E-state index in [-0.39, 0.29) is 17.9 Å². The lowest BCUT2D eigenvalue weighted by atomic mass is 10.1.